The van der Waals surface area contributed by atoms with Gasteiger partial charge in [-0.2, -0.15) is 22.0 Å². The predicted octanol–water partition coefficient (Wildman–Crippen LogP) is 4.01. The van der Waals surface area contributed by atoms with Crippen molar-refractivity contribution in [2.24, 2.45) is 0 Å². The molecule has 30 heavy (non-hydrogen) atoms. The number of furan rings is 1. The van der Waals surface area contributed by atoms with Crippen LogP contribution in [0.4, 0.5) is 22.0 Å². The summed E-state index contributed by atoms with van der Waals surface area (Å²) in [7, 11) is 0. The lowest BCUT2D eigenvalue weighted by molar-refractivity contribution is -0.196. The molecule has 0 aliphatic heterocycles. The molecule has 0 aliphatic carbocycles. The van der Waals surface area contributed by atoms with Crippen molar-refractivity contribution in [2.45, 2.75) is 19.2 Å². The van der Waals surface area contributed by atoms with Crippen molar-refractivity contribution in [1.82, 2.24) is 10.3 Å². The molecule has 0 bridgehead atoms. The van der Waals surface area contributed by atoms with Gasteiger partial charge in [-0.3, -0.25) is 9.78 Å². The summed E-state index contributed by atoms with van der Waals surface area (Å²) in [4.78, 5) is 15.3. The molecule has 1 aromatic carbocycles. The Hall–Kier alpha value is -3.21. The summed E-state index contributed by atoms with van der Waals surface area (Å²) < 4.78 is 78.3. The fourth-order valence-electron chi connectivity index (χ4n) is 2.87. The molecule has 160 valence electrons. The third-order valence-corrected chi connectivity index (χ3v) is 4.10. The molecule has 0 unspecified atom stereocenters. The summed E-state index contributed by atoms with van der Waals surface area (Å²) >= 11 is 0. The number of hydrogen-bond acceptors (Lipinski definition) is 5. The van der Waals surface area contributed by atoms with Crippen LogP contribution in [-0.4, -0.2) is 29.1 Å². The number of aromatic nitrogens is 1. The lowest BCUT2D eigenvalue weighted by atomic mass is 10.1. The molecule has 2 heterocycles. The second-order valence-corrected chi connectivity index (χ2v) is 6.19. The van der Waals surface area contributed by atoms with Gasteiger partial charge in [0.15, 0.2) is 5.69 Å². The first kappa shape index (κ1) is 21.5. The lowest BCUT2D eigenvalue weighted by Crippen LogP contribution is -2.27. The largest absolute Gasteiger partial charge is 0.461 e. The van der Waals surface area contributed by atoms with Gasteiger partial charge < -0.3 is 19.6 Å². The van der Waals surface area contributed by atoms with E-state index in [1.54, 1.807) is 0 Å². The molecular formula is C19H15F5N2O4. The minimum absolute atomic E-state index is 0.0320. The van der Waals surface area contributed by atoms with Gasteiger partial charge in [-0.15, -0.1) is 0 Å². The SMILES string of the molecule is Cc1oc2ccc(OC(F)(F)c3cccnc3C(F)(F)F)cc2c1C(=O)NCCO. The van der Waals surface area contributed by atoms with Gasteiger partial charge in [0.05, 0.1) is 17.7 Å². The molecule has 2 N–H and O–H groups in total. The number of hydrogen-bond donors (Lipinski definition) is 2. The first-order chi connectivity index (χ1) is 14.0. The van der Waals surface area contributed by atoms with Crippen LogP contribution in [0.25, 0.3) is 11.0 Å². The molecule has 3 rings (SSSR count). The number of nitrogens with zero attached hydrogens (tertiary/aromatic N) is 1. The number of nitrogens with one attached hydrogen (secondary N) is 1. The van der Waals surface area contributed by atoms with Crippen LogP contribution in [0.15, 0.2) is 40.9 Å². The molecule has 6 nitrogen and oxygen atoms in total. The normalized spacial score (nSPS) is 12.2. The second-order valence-electron chi connectivity index (χ2n) is 6.19. The Bertz CT molecular complexity index is 1080. The van der Waals surface area contributed by atoms with Gasteiger partial charge in [-0.1, -0.05) is 0 Å². The number of aryl methyl sites for hydroxylation is 1. The number of benzene rings is 1. The first-order valence-corrected chi connectivity index (χ1v) is 8.56. The number of rotatable bonds is 6. The Morgan fingerprint density at radius 1 is 1.23 bits per heavy atom. The van der Waals surface area contributed by atoms with Crippen LogP contribution in [0.5, 0.6) is 5.75 Å². The number of fused-ring (bicyclic) bond motifs is 1. The zero-order valence-corrected chi connectivity index (χ0v) is 15.4. The third kappa shape index (κ3) is 4.20. The molecule has 0 saturated carbocycles. The summed E-state index contributed by atoms with van der Waals surface area (Å²) in [6, 6.07) is 4.91. The minimum Gasteiger partial charge on any atom is -0.461 e. The Morgan fingerprint density at radius 3 is 2.63 bits per heavy atom. The van der Waals surface area contributed by atoms with E-state index in [4.69, 9.17) is 9.52 Å². The number of pyridine rings is 1. The number of aliphatic hydroxyl groups excluding tert-OH is 1. The number of amides is 1. The summed E-state index contributed by atoms with van der Waals surface area (Å²) in [5.41, 5.74) is -2.99. The van der Waals surface area contributed by atoms with Crippen LogP contribution in [0.1, 0.15) is 27.4 Å². The van der Waals surface area contributed by atoms with Gasteiger partial charge in [0, 0.05) is 18.1 Å². The third-order valence-electron chi connectivity index (χ3n) is 4.10. The summed E-state index contributed by atoms with van der Waals surface area (Å²) in [6.45, 7) is 1.13. The van der Waals surface area contributed by atoms with Gasteiger partial charge in [-0.25, -0.2) is 0 Å². The summed E-state index contributed by atoms with van der Waals surface area (Å²) in [5.74, 6) is -0.909. The first-order valence-electron chi connectivity index (χ1n) is 8.56. The van der Waals surface area contributed by atoms with E-state index in [1.165, 1.54) is 13.0 Å². The second kappa shape index (κ2) is 7.90. The standard InChI is InChI=1S/C19H15F5N2O4/c1-10-15(17(28)26-7-8-27)12-9-11(4-5-14(12)29-10)30-19(23,24)13-3-2-6-25-16(13)18(20,21)22/h2-6,9,27H,7-8H2,1H3,(H,26,28). The lowest BCUT2D eigenvalue weighted by Gasteiger charge is -2.21. The molecule has 3 aromatic rings. The Labute approximate surface area is 166 Å². The number of ether oxygens (including phenoxy) is 1. The minimum atomic E-state index is -5.10. The van der Waals surface area contributed by atoms with Crippen molar-refractivity contribution in [3.63, 3.8) is 0 Å². The topological polar surface area (TPSA) is 84.6 Å². The fraction of sp³-hybridized carbons (Fsp3) is 0.263. The van der Waals surface area contributed by atoms with Crippen LogP contribution in [-0.2, 0) is 12.3 Å². The predicted molar refractivity (Wildman–Crippen MR) is 94.1 cm³/mol. The molecule has 0 fully saturated rings. The number of aliphatic hydroxyl groups is 1. The molecule has 1 amide bonds. The smallest absolute Gasteiger partial charge is 0.433 e. The average molecular weight is 430 g/mol. The van der Waals surface area contributed by atoms with Gasteiger partial charge in [-0.05, 0) is 37.3 Å². The zero-order valence-electron chi connectivity index (χ0n) is 15.4. The van der Waals surface area contributed by atoms with Crippen LogP contribution >= 0.6 is 0 Å². The molecular weight excluding hydrogens is 415 g/mol. The maximum absolute atomic E-state index is 14.6. The van der Waals surface area contributed by atoms with Crippen molar-refractivity contribution >= 4 is 16.9 Å². The van der Waals surface area contributed by atoms with Crippen LogP contribution in [0.2, 0.25) is 0 Å². The molecule has 0 aliphatic rings. The van der Waals surface area contributed by atoms with Crippen molar-refractivity contribution in [3.8, 4) is 5.75 Å². The van der Waals surface area contributed by atoms with Crippen molar-refractivity contribution in [1.29, 1.82) is 0 Å². The van der Waals surface area contributed by atoms with Crippen molar-refractivity contribution in [2.75, 3.05) is 13.2 Å². The number of alkyl halides is 5. The molecule has 0 spiro atoms. The summed E-state index contributed by atoms with van der Waals surface area (Å²) in [5, 5.41) is 11.4. The van der Waals surface area contributed by atoms with Crippen LogP contribution in [0, 0.1) is 6.92 Å². The fourth-order valence-corrected chi connectivity index (χ4v) is 2.87. The number of carbonyl (C=O) groups excluding carboxylic acids is 1. The maximum Gasteiger partial charge on any atom is 0.433 e. The Kier molecular flexibility index (Phi) is 5.66. The van der Waals surface area contributed by atoms with E-state index in [1.807, 2.05) is 0 Å². The molecule has 2 aromatic heterocycles. The molecule has 0 radical (unpaired) electrons. The van der Waals surface area contributed by atoms with Gasteiger partial charge in [0.1, 0.15) is 17.1 Å². The molecule has 11 heteroatoms. The average Bonchev–Trinajstić information content (AvgIpc) is 3.00. The van der Waals surface area contributed by atoms with Crippen LogP contribution in [0.3, 0.4) is 0 Å². The van der Waals surface area contributed by atoms with Gasteiger partial charge in [0.2, 0.25) is 0 Å². The van der Waals surface area contributed by atoms with E-state index in [-0.39, 0.29) is 35.4 Å². The van der Waals surface area contributed by atoms with E-state index in [2.05, 4.69) is 15.0 Å². The highest BCUT2D eigenvalue weighted by atomic mass is 19.4. The van der Waals surface area contributed by atoms with E-state index in [9.17, 15) is 26.7 Å². The molecule has 0 atom stereocenters. The van der Waals surface area contributed by atoms with E-state index in [0.29, 0.717) is 6.07 Å². The van der Waals surface area contributed by atoms with E-state index >= 15 is 0 Å². The molecule has 0 saturated heterocycles. The zero-order chi connectivity index (χ0) is 22.1. The van der Waals surface area contributed by atoms with Crippen molar-refractivity contribution in [3.05, 3.63) is 59.1 Å². The highest BCUT2D eigenvalue weighted by molar-refractivity contribution is 6.07. The number of halogens is 5. The Balaban J connectivity index is 1.99. The summed E-state index contributed by atoms with van der Waals surface area (Å²) in [6.07, 6.45) is -8.71. The Morgan fingerprint density at radius 2 is 1.97 bits per heavy atom. The highest BCUT2D eigenvalue weighted by Crippen LogP contribution is 2.40. The van der Waals surface area contributed by atoms with Crippen molar-refractivity contribution < 1.29 is 41.0 Å². The maximum atomic E-state index is 14.6. The highest BCUT2D eigenvalue weighted by Gasteiger charge is 2.46. The van der Waals surface area contributed by atoms with E-state index < -0.39 is 35.2 Å². The number of carbonyl (C=O) groups is 1. The van der Waals surface area contributed by atoms with Gasteiger partial charge >= 0.3 is 12.3 Å². The van der Waals surface area contributed by atoms with Gasteiger partial charge in [0.25, 0.3) is 5.91 Å². The van der Waals surface area contributed by atoms with E-state index in [0.717, 1.165) is 24.4 Å². The monoisotopic (exact) mass is 430 g/mol. The quantitative estimate of drug-likeness (QED) is 0.578. The van der Waals surface area contributed by atoms with Crippen LogP contribution < -0.4 is 10.1 Å².